The molecule has 6 nitrogen and oxygen atoms in total. The van der Waals surface area contributed by atoms with E-state index in [2.05, 4.69) is 10.2 Å². The number of hydrogen-bond acceptors (Lipinski definition) is 3. The maximum absolute atomic E-state index is 12.7. The van der Waals surface area contributed by atoms with Crippen LogP contribution in [0.25, 0.3) is 11.3 Å². The number of nitrogens with zero attached hydrogens (tertiary/aromatic N) is 2. The van der Waals surface area contributed by atoms with E-state index in [4.69, 9.17) is 16.7 Å². The topological polar surface area (TPSA) is 86.3 Å². The molecule has 1 aromatic carbocycles. The van der Waals surface area contributed by atoms with Gasteiger partial charge in [-0.3, -0.25) is 14.7 Å². The third-order valence-electron chi connectivity index (χ3n) is 4.52. The van der Waals surface area contributed by atoms with Gasteiger partial charge >= 0.3 is 5.97 Å². The summed E-state index contributed by atoms with van der Waals surface area (Å²) in [5, 5.41) is 16.5. The van der Waals surface area contributed by atoms with Gasteiger partial charge in [-0.25, -0.2) is 0 Å². The fourth-order valence-corrected chi connectivity index (χ4v) is 3.31. The van der Waals surface area contributed by atoms with Crippen molar-refractivity contribution < 1.29 is 14.7 Å². The number of amides is 1. The number of carbonyl (C=O) groups excluding carboxylic acids is 1. The van der Waals surface area contributed by atoms with E-state index in [1.165, 1.54) is 0 Å². The van der Waals surface area contributed by atoms with E-state index in [0.29, 0.717) is 35.9 Å². The number of nitrogens with one attached hydrogen (secondary N) is 1. The highest BCUT2D eigenvalue weighted by Crippen LogP contribution is 2.24. The normalized spacial score (nSPS) is 17.5. The van der Waals surface area contributed by atoms with E-state index in [0.717, 1.165) is 18.4 Å². The smallest absolute Gasteiger partial charge is 0.303 e. The van der Waals surface area contributed by atoms with E-state index in [-0.39, 0.29) is 18.2 Å². The zero-order chi connectivity index (χ0) is 17.8. The van der Waals surface area contributed by atoms with Crippen molar-refractivity contribution in [1.29, 1.82) is 0 Å². The Morgan fingerprint density at radius 3 is 2.80 bits per heavy atom. The van der Waals surface area contributed by atoms with E-state index >= 15 is 0 Å². The molecule has 3 rings (SSSR count). The van der Waals surface area contributed by atoms with Crippen molar-refractivity contribution in [3.63, 3.8) is 0 Å². The van der Waals surface area contributed by atoms with Crippen molar-refractivity contribution in [2.45, 2.75) is 25.7 Å². The second kappa shape index (κ2) is 7.70. The molecule has 0 radical (unpaired) electrons. The highest BCUT2D eigenvalue weighted by atomic mass is 35.5. The molecule has 2 N–H and O–H groups in total. The molecule has 0 spiro atoms. The summed E-state index contributed by atoms with van der Waals surface area (Å²) in [7, 11) is 0. The molecule has 1 saturated heterocycles. The molecule has 1 fully saturated rings. The molecule has 2 aromatic rings. The Hall–Kier alpha value is -2.34. The fraction of sp³-hybridized carbons (Fsp3) is 0.389. The van der Waals surface area contributed by atoms with E-state index in [9.17, 15) is 9.59 Å². The maximum atomic E-state index is 12.7. The summed E-state index contributed by atoms with van der Waals surface area (Å²) in [6, 6.07) is 9.02. The van der Waals surface area contributed by atoms with Crippen molar-refractivity contribution >= 4 is 23.5 Å². The number of carbonyl (C=O) groups is 2. The molecule has 7 heteroatoms. The molecule has 0 aliphatic carbocycles. The first-order valence-electron chi connectivity index (χ1n) is 8.35. The Bertz CT molecular complexity index is 757. The third kappa shape index (κ3) is 4.39. The monoisotopic (exact) mass is 361 g/mol. The van der Waals surface area contributed by atoms with Gasteiger partial charge in [-0.2, -0.15) is 5.10 Å². The fourth-order valence-electron chi connectivity index (χ4n) is 3.18. The van der Waals surface area contributed by atoms with Crippen LogP contribution < -0.4 is 0 Å². The van der Waals surface area contributed by atoms with Gasteiger partial charge in [0.15, 0.2) is 0 Å². The van der Waals surface area contributed by atoms with Crippen LogP contribution in [0.15, 0.2) is 30.3 Å². The molecule has 25 heavy (non-hydrogen) atoms. The third-order valence-corrected chi connectivity index (χ3v) is 4.77. The number of halogens is 1. The lowest BCUT2D eigenvalue weighted by atomic mass is 9.93. The average molecular weight is 362 g/mol. The molecule has 1 amide bonds. The number of aliphatic carboxylic acids is 1. The molecule has 2 heterocycles. The average Bonchev–Trinajstić information content (AvgIpc) is 3.10. The maximum Gasteiger partial charge on any atom is 0.303 e. The first-order chi connectivity index (χ1) is 12.0. The van der Waals surface area contributed by atoms with Crippen LogP contribution >= 0.6 is 11.6 Å². The number of H-pyrrole nitrogens is 1. The number of piperidine rings is 1. The number of hydrogen-bond donors (Lipinski definition) is 2. The molecule has 1 aliphatic heterocycles. The van der Waals surface area contributed by atoms with Crippen LogP contribution in [-0.4, -0.2) is 45.2 Å². The van der Waals surface area contributed by atoms with Crippen molar-refractivity contribution in [2.75, 3.05) is 13.1 Å². The van der Waals surface area contributed by atoms with Gasteiger partial charge in [-0.15, -0.1) is 0 Å². The number of carboxylic acid groups (broad SMARTS) is 1. The molecular weight excluding hydrogens is 342 g/mol. The predicted octanol–water partition coefficient (Wildman–Crippen LogP) is 3.45. The number of benzene rings is 1. The summed E-state index contributed by atoms with van der Waals surface area (Å²) in [5.74, 6) is -0.634. The number of carboxylic acids is 1. The minimum Gasteiger partial charge on any atom is -0.481 e. The van der Waals surface area contributed by atoms with Crippen LogP contribution in [0.2, 0.25) is 5.02 Å². The predicted molar refractivity (Wildman–Crippen MR) is 94.5 cm³/mol. The van der Waals surface area contributed by atoms with Gasteiger partial charge < -0.3 is 10.0 Å². The van der Waals surface area contributed by atoms with E-state index in [1.807, 2.05) is 12.1 Å². The van der Waals surface area contributed by atoms with Gasteiger partial charge in [0.05, 0.1) is 5.69 Å². The zero-order valence-electron chi connectivity index (χ0n) is 13.7. The summed E-state index contributed by atoms with van der Waals surface area (Å²) < 4.78 is 0. The van der Waals surface area contributed by atoms with Crippen molar-refractivity contribution in [3.05, 3.63) is 41.0 Å². The van der Waals surface area contributed by atoms with E-state index in [1.54, 1.807) is 23.1 Å². The summed E-state index contributed by atoms with van der Waals surface area (Å²) in [6.45, 7) is 1.29. The van der Waals surface area contributed by atoms with Crippen LogP contribution in [-0.2, 0) is 4.79 Å². The van der Waals surface area contributed by atoms with Crippen LogP contribution in [0.5, 0.6) is 0 Å². The summed E-state index contributed by atoms with van der Waals surface area (Å²) in [5.41, 5.74) is 2.03. The van der Waals surface area contributed by atoms with Gasteiger partial charge in [0.25, 0.3) is 5.91 Å². The largest absolute Gasteiger partial charge is 0.481 e. The quantitative estimate of drug-likeness (QED) is 0.854. The number of aromatic amines is 1. The summed E-state index contributed by atoms with van der Waals surface area (Å²) in [4.78, 5) is 25.2. The molecule has 1 aliphatic rings. The first-order valence-corrected chi connectivity index (χ1v) is 8.73. The first kappa shape index (κ1) is 17.5. The van der Waals surface area contributed by atoms with Crippen LogP contribution in [0.1, 0.15) is 36.2 Å². The second-order valence-corrected chi connectivity index (χ2v) is 6.80. The highest BCUT2D eigenvalue weighted by molar-refractivity contribution is 6.30. The van der Waals surface area contributed by atoms with Gasteiger partial charge in [-0.05, 0) is 43.4 Å². The van der Waals surface area contributed by atoms with E-state index < -0.39 is 5.97 Å². The lowest BCUT2D eigenvalue weighted by Crippen LogP contribution is -2.40. The minimum absolute atomic E-state index is 0.0901. The lowest BCUT2D eigenvalue weighted by molar-refractivity contribution is -0.137. The van der Waals surface area contributed by atoms with Crippen LogP contribution in [0.4, 0.5) is 0 Å². The molecule has 132 valence electrons. The molecular formula is C18H20ClN3O3. The Morgan fingerprint density at radius 1 is 1.32 bits per heavy atom. The second-order valence-electron chi connectivity index (χ2n) is 6.37. The molecule has 1 aromatic heterocycles. The molecule has 1 atom stereocenters. The molecule has 0 unspecified atom stereocenters. The van der Waals surface area contributed by atoms with Gasteiger partial charge in [0, 0.05) is 30.1 Å². The van der Waals surface area contributed by atoms with Crippen molar-refractivity contribution in [2.24, 2.45) is 5.92 Å². The zero-order valence-corrected chi connectivity index (χ0v) is 14.5. The Labute approximate surface area is 150 Å². The standard InChI is InChI=1S/C18H20ClN3O3/c19-14-6-4-13(5-7-14)15-10-16(21-20-15)18(25)22-9-1-2-12(11-22)3-8-17(23)24/h4-7,10,12H,1-3,8-9,11H2,(H,20,21)(H,23,24)/t12-/m1/s1. The SMILES string of the molecule is O=C(O)CC[C@H]1CCCN(C(=O)c2cc(-c3ccc(Cl)cc3)n[nH]2)C1. The highest BCUT2D eigenvalue weighted by Gasteiger charge is 2.26. The van der Waals surface area contributed by atoms with Crippen molar-refractivity contribution in [3.8, 4) is 11.3 Å². The Balaban J connectivity index is 1.66. The van der Waals surface area contributed by atoms with Crippen molar-refractivity contribution in [1.82, 2.24) is 15.1 Å². The van der Waals surface area contributed by atoms with Crippen LogP contribution in [0, 0.1) is 5.92 Å². The number of rotatable bonds is 5. The Kier molecular flexibility index (Phi) is 5.38. The number of likely N-dealkylation sites (tertiary alicyclic amines) is 1. The lowest BCUT2D eigenvalue weighted by Gasteiger charge is -2.32. The molecule has 0 bridgehead atoms. The molecule has 0 saturated carbocycles. The Morgan fingerprint density at radius 2 is 2.08 bits per heavy atom. The minimum atomic E-state index is -0.787. The summed E-state index contributed by atoms with van der Waals surface area (Å²) in [6.07, 6.45) is 2.62. The van der Waals surface area contributed by atoms with Gasteiger partial charge in [0.2, 0.25) is 0 Å². The number of aromatic nitrogens is 2. The van der Waals surface area contributed by atoms with Gasteiger partial charge in [0.1, 0.15) is 5.69 Å². The van der Waals surface area contributed by atoms with Crippen LogP contribution in [0.3, 0.4) is 0 Å². The summed E-state index contributed by atoms with van der Waals surface area (Å²) >= 11 is 5.89. The van der Waals surface area contributed by atoms with Gasteiger partial charge in [-0.1, -0.05) is 23.7 Å².